The number of aromatic nitrogens is 1. The molecule has 0 bridgehead atoms. The van der Waals surface area contributed by atoms with Gasteiger partial charge in [-0.2, -0.15) is 0 Å². The Morgan fingerprint density at radius 3 is 2.61 bits per heavy atom. The fourth-order valence-electron chi connectivity index (χ4n) is 2.43. The molecular formula is C17H14N2O4. The van der Waals surface area contributed by atoms with Crippen LogP contribution in [-0.2, 0) is 6.42 Å². The number of aliphatic hydroxyl groups is 1. The van der Waals surface area contributed by atoms with Gasteiger partial charge in [-0.15, -0.1) is 0 Å². The molecular weight excluding hydrogens is 296 g/mol. The lowest BCUT2D eigenvalue weighted by molar-refractivity contribution is 0.100. The summed E-state index contributed by atoms with van der Waals surface area (Å²) in [6.45, 7) is -0.0866. The number of aliphatic hydroxyl groups excluding tert-OH is 1. The zero-order chi connectivity index (χ0) is 16.4. The minimum atomic E-state index is -0.739. The molecule has 3 rings (SSSR count). The molecule has 6 heteroatoms. The highest BCUT2D eigenvalue weighted by Gasteiger charge is 2.16. The molecule has 6 nitrogen and oxygen atoms in total. The van der Waals surface area contributed by atoms with Crippen LogP contribution in [0.15, 0.2) is 51.7 Å². The number of nitrogens with two attached hydrogens (primary N) is 1. The maximum absolute atomic E-state index is 12.3. The Labute approximate surface area is 131 Å². The summed E-state index contributed by atoms with van der Waals surface area (Å²) in [7, 11) is 0. The van der Waals surface area contributed by atoms with Gasteiger partial charge in [0.1, 0.15) is 0 Å². The van der Waals surface area contributed by atoms with E-state index in [4.69, 9.17) is 15.3 Å². The summed E-state index contributed by atoms with van der Waals surface area (Å²) in [5.41, 5.74) is 6.38. The number of carbonyl (C=O) groups excluding carboxylic acids is 1. The van der Waals surface area contributed by atoms with Crippen molar-refractivity contribution < 1.29 is 14.3 Å². The van der Waals surface area contributed by atoms with Crippen molar-refractivity contribution >= 4 is 16.8 Å². The minimum absolute atomic E-state index is 0.0480. The molecule has 1 heterocycles. The number of hydrogen-bond donors (Lipinski definition) is 2. The normalized spacial score (nSPS) is 10.8. The van der Waals surface area contributed by atoms with Crippen LogP contribution in [0.2, 0.25) is 0 Å². The van der Waals surface area contributed by atoms with Crippen molar-refractivity contribution in [2.75, 3.05) is 6.61 Å². The lowest BCUT2D eigenvalue weighted by Gasteiger charge is -2.07. The van der Waals surface area contributed by atoms with Crippen LogP contribution in [0.4, 0.5) is 0 Å². The first-order valence-corrected chi connectivity index (χ1v) is 7.04. The smallest absolute Gasteiger partial charge is 0.347 e. The van der Waals surface area contributed by atoms with Gasteiger partial charge in [0.25, 0.3) is 0 Å². The average Bonchev–Trinajstić information content (AvgIpc) is 2.55. The van der Waals surface area contributed by atoms with E-state index in [-0.39, 0.29) is 23.4 Å². The van der Waals surface area contributed by atoms with Crippen LogP contribution >= 0.6 is 0 Å². The Kier molecular flexibility index (Phi) is 3.91. The molecule has 0 spiro atoms. The van der Waals surface area contributed by atoms with E-state index < -0.39 is 11.5 Å². The number of benzene rings is 2. The number of rotatable bonds is 4. The van der Waals surface area contributed by atoms with E-state index in [1.54, 1.807) is 30.3 Å². The summed E-state index contributed by atoms with van der Waals surface area (Å²) in [6, 6.07) is 12.1. The average molecular weight is 310 g/mol. The quantitative estimate of drug-likeness (QED) is 0.759. The lowest BCUT2D eigenvalue weighted by Crippen LogP contribution is -2.17. The second kappa shape index (κ2) is 6.02. The number of primary amides is 1. The monoisotopic (exact) mass is 310 g/mol. The van der Waals surface area contributed by atoms with Crippen molar-refractivity contribution in [2.24, 2.45) is 5.73 Å². The van der Waals surface area contributed by atoms with Crippen molar-refractivity contribution in [3.8, 4) is 11.5 Å². The Balaban J connectivity index is 2.31. The number of nitrogens with zero attached hydrogens (tertiary/aromatic N) is 1. The van der Waals surface area contributed by atoms with Gasteiger partial charge in [0, 0.05) is 12.2 Å². The van der Waals surface area contributed by atoms with Gasteiger partial charge in [0.05, 0.1) is 16.5 Å². The van der Waals surface area contributed by atoms with Gasteiger partial charge in [0.2, 0.25) is 11.8 Å². The van der Waals surface area contributed by atoms with Crippen molar-refractivity contribution in [1.82, 2.24) is 4.98 Å². The zero-order valence-electron chi connectivity index (χ0n) is 12.2. The first kappa shape index (κ1) is 14.9. The number of carbonyl (C=O) groups is 1. The van der Waals surface area contributed by atoms with E-state index in [0.717, 1.165) is 0 Å². The molecule has 3 aromatic rings. The van der Waals surface area contributed by atoms with Crippen LogP contribution < -0.4 is 11.4 Å². The molecule has 3 N–H and O–H groups in total. The third-order valence-electron chi connectivity index (χ3n) is 3.48. The van der Waals surface area contributed by atoms with Crippen LogP contribution in [0.25, 0.3) is 22.4 Å². The van der Waals surface area contributed by atoms with E-state index in [1.165, 1.54) is 6.07 Å². The largest absolute Gasteiger partial charge is 0.403 e. The lowest BCUT2D eigenvalue weighted by atomic mass is 10.0. The summed E-state index contributed by atoms with van der Waals surface area (Å²) in [4.78, 5) is 28.3. The van der Waals surface area contributed by atoms with Crippen LogP contribution in [0.5, 0.6) is 0 Å². The first-order valence-electron chi connectivity index (χ1n) is 7.04. The van der Waals surface area contributed by atoms with Gasteiger partial charge >= 0.3 is 5.63 Å². The van der Waals surface area contributed by atoms with Crippen LogP contribution in [0.3, 0.4) is 0 Å². The minimum Gasteiger partial charge on any atom is -0.403 e. The summed E-state index contributed by atoms with van der Waals surface area (Å²) >= 11 is 0. The highest BCUT2D eigenvalue weighted by Crippen LogP contribution is 2.22. The van der Waals surface area contributed by atoms with Crippen LogP contribution in [0.1, 0.15) is 15.9 Å². The Bertz CT molecular complexity index is 932. The molecule has 23 heavy (non-hydrogen) atoms. The van der Waals surface area contributed by atoms with Crippen LogP contribution in [0, 0.1) is 0 Å². The highest BCUT2D eigenvalue weighted by atomic mass is 16.4. The van der Waals surface area contributed by atoms with E-state index in [2.05, 4.69) is 4.98 Å². The predicted octanol–water partition coefficient (Wildman–Crippen LogP) is 1.49. The van der Waals surface area contributed by atoms with Gasteiger partial charge in [-0.1, -0.05) is 18.2 Å². The van der Waals surface area contributed by atoms with Gasteiger partial charge in [-0.05, 0) is 36.2 Å². The second-order valence-electron chi connectivity index (χ2n) is 5.05. The molecule has 0 aliphatic carbocycles. The van der Waals surface area contributed by atoms with Crippen molar-refractivity contribution in [1.29, 1.82) is 0 Å². The first-order chi connectivity index (χ1) is 11.1. The Morgan fingerprint density at radius 1 is 1.22 bits per heavy atom. The third-order valence-corrected chi connectivity index (χ3v) is 3.48. The highest BCUT2D eigenvalue weighted by molar-refractivity contribution is 6.05. The standard InChI is InChI=1S/C17H14N2O4/c18-15(21)12-8-10(6-7-20)9-13-14(12)17(22)23-16(19-13)11-4-2-1-3-5-11/h1-5,8-9,20H,6-7H2,(H2,18,21). The molecule has 0 atom stereocenters. The molecule has 0 radical (unpaired) electrons. The number of hydrogen-bond acceptors (Lipinski definition) is 5. The molecule has 0 saturated carbocycles. The SMILES string of the molecule is NC(=O)c1cc(CCO)cc2nc(-c3ccccc3)oc(=O)c12. The number of fused-ring (bicyclic) bond motifs is 1. The maximum Gasteiger partial charge on any atom is 0.347 e. The predicted molar refractivity (Wildman–Crippen MR) is 85.0 cm³/mol. The summed E-state index contributed by atoms with van der Waals surface area (Å²) in [5, 5.41) is 9.15. The van der Waals surface area contributed by atoms with E-state index in [1.807, 2.05) is 6.07 Å². The fourth-order valence-corrected chi connectivity index (χ4v) is 2.43. The molecule has 0 aliphatic rings. The fraction of sp³-hybridized carbons (Fsp3) is 0.118. The molecule has 0 unspecified atom stereocenters. The van der Waals surface area contributed by atoms with E-state index in [9.17, 15) is 9.59 Å². The summed E-state index contributed by atoms with van der Waals surface area (Å²) in [6.07, 6.45) is 0.332. The number of amides is 1. The van der Waals surface area contributed by atoms with Gasteiger partial charge in [0.15, 0.2) is 0 Å². The summed E-state index contributed by atoms with van der Waals surface area (Å²) < 4.78 is 5.24. The molecule has 1 aromatic heterocycles. The van der Waals surface area contributed by atoms with Crippen molar-refractivity contribution in [3.63, 3.8) is 0 Å². The van der Waals surface area contributed by atoms with Crippen molar-refractivity contribution in [2.45, 2.75) is 6.42 Å². The maximum atomic E-state index is 12.3. The van der Waals surface area contributed by atoms with E-state index in [0.29, 0.717) is 23.1 Å². The molecule has 0 fully saturated rings. The molecule has 0 saturated heterocycles. The van der Waals surface area contributed by atoms with E-state index >= 15 is 0 Å². The van der Waals surface area contributed by atoms with Gasteiger partial charge in [-0.3, -0.25) is 4.79 Å². The third kappa shape index (κ3) is 2.84. The van der Waals surface area contributed by atoms with Gasteiger partial charge < -0.3 is 15.3 Å². The molecule has 0 aliphatic heterocycles. The molecule has 2 aromatic carbocycles. The second-order valence-corrected chi connectivity index (χ2v) is 5.05. The van der Waals surface area contributed by atoms with Crippen molar-refractivity contribution in [3.05, 3.63) is 64.0 Å². The molecule has 116 valence electrons. The Morgan fingerprint density at radius 2 is 1.96 bits per heavy atom. The topological polar surface area (TPSA) is 106 Å². The zero-order valence-corrected chi connectivity index (χ0v) is 12.2. The summed E-state index contributed by atoms with van der Waals surface area (Å²) in [5.74, 6) is -0.573. The van der Waals surface area contributed by atoms with Crippen LogP contribution in [-0.4, -0.2) is 22.6 Å². The molecule has 1 amide bonds. The Hall–Kier alpha value is -2.99. The van der Waals surface area contributed by atoms with Gasteiger partial charge in [-0.25, -0.2) is 9.78 Å².